The zero-order valence-corrected chi connectivity index (χ0v) is 23.0. The van der Waals surface area contributed by atoms with Crippen LogP contribution in [0.1, 0.15) is 107 Å². The van der Waals surface area contributed by atoms with Gasteiger partial charge in [0.2, 0.25) is 0 Å². The Labute approximate surface area is 201 Å². The van der Waals surface area contributed by atoms with Crippen LogP contribution in [0.15, 0.2) is 4.40 Å². The van der Waals surface area contributed by atoms with Gasteiger partial charge in [-0.1, -0.05) is 25.7 Å². The molecule has 0 aromatic carbocycles. The summed E-state index contributed by atoms with van der Waals surface area (Å²) in [4.78, 5) is 0. The average Bonchev–Trinajstić information content (AvgIpc) is 3.40. The summed E-state index contributed by atoms with van der Waals surface area (Å²) in [5.74, 6) is 0.403. The van der Waals surface area contributed by atoms with Crippen LogP contribution in [-0.2, 0) is 22.0 Å². The summed E-state index contributed by atoms with van der Waals surface area (Å²) in [6.07, 6.45) is 10.5. The fraction of sp³-hybridized carbons (Fsp3) is 0.875. The van der Waals surface area contributed by atoms with Crippen molar-refractivity contribution in [3.8, 4) is 12.1 Å². The van der Waals surface area contributed by atoms with Gasteiger partial charge in [-0.3, -0.25) is 0 Å². The minimum Gasteiger partial charge on any atom is -0.242 e. The molecule has 8 heteroatoms. The minimum atomic E-state index is -1.09. The third-order valence-electron chi connectivity index (χ3n) is 5.65. The van der Waals surface area contributed by atoms with E-state index in [1.54, 1.807) is 13.1 Å². The fourth-order valence-electron chi connectivity index (χ4n) is 3.41. The minimum absolute atomic E-state index is 0.0000540. The largest absolute Gasteiger partial charge is 0.242 e. The number of nitrogens with zero attached hydrogens (tertiary/aromatic N) is 3. The molecule has 2 aliphatic rings. The maximum Gasteiger partial charge on any atom is 0.144 e. The summed E-state index contributed by atoms with van der Waals surface area (Å²) in [5.41, 5.74) is -0.305. The highest BCUT2D eigenvalue weighted by Gasteiger charge is 2.40. The van der Waals surface area contributed by atoms with E-state index in [-0.39, 0.29) is 21.0 Å². The van der Waals surface area contributed by atoms with E-state index in [9.17, 15) is 13.7 Å². The molecule has 0 bridgehead atoms. The third kappa shape index (κ3) is 11.2. The van der Waals surface area contributed by atoms with Crippen LogP contribution in [0.2, 0.25) is 0 Å². The number of rotatable bonds is 4. The van der Waals surface area contributed by atoms with Crippen LogP contribution in [0, 0.1) is 34.0 Å². The van der Waals surface area contributed by atoms with E-state index < -0.39 is 22.0 Å². The molecular weight excluding hydrogens is 440 g/mol. The molecule has 0 saturated heterocycles. The van der Waals surface area contributed by atoms with E-state index in [0.29, 0.717) is 5.92 Å². The second kappa shape index (κ2) is 14.2. The van der Waals surface area contributed by atoms with Gasteiger partial charge in [-0.2, -0.15) is 14.9 Å². The van der Waals surface area contributed by atoms with Gasteiger partial charge in [0.25, 0.3) is 0 Å². The van der Waals surface area contributed by atoms with Crippen molar-refractivity contribution < 1.29 is 8.42 Å². The van der Waals surface area contributed by atoms with Gasteiger partial charge in [-0.25, -0.2) is 13.1 Å². The van der Waals surface area contributed by atoms with Crippen LogP contribution in [0.3, 0.4) is 0 Å². The topological polar surface area (TPSA) is 106 Å². The van der Waals surface area contributed by atoms with E-state index in [1.807, 2.05) is 48.5 Å². The zero-order valence-electron chi connectivity index (χ0n) is 21.4. The fourth-order valence-corrected chi connectivity index (χ4v) is 4.81. The SMILES string of the molecule is CC=N[S@@](=O)C(C)(C)C.C[C@@H](N[S@@](=O)C(C)(C)C)C1(C#N)CCCC1.N#CC1CCCC1. The van der Waals surface area contributed by atoms with E-state index in [4.69, 9.17) is 5.26 Å². The third-order valence-corrected chi connectivity index (χ3v) is 8.78. The van der Waals surface area contributed by atoms with E-state index in [2.05, 4.69) is 21.3 Å². The number of hydrogen-bond acceptors (Lipinski definition) is 4. The summed E-state index contributed by atoms with van der Waals surface area (Å²) >= 11 is 0. The van der Waals surface area contributed by atoms with E-state index in [0.717, 1.165) is 38.5 Å². The molecule has 2 saturated carbocycles. The Balaban J connectivity index is 0.000000505. The van der Waals surface area contributed by atoms with Gasteiger partial charge < -0.3 is 0 Å². The van der Waals surface area contributed by atoms with Crippen molar-refractivity contribution in [1.29, 1.82) is 10.5 Å². The normalized spacial score (nSPS) is 21.3. The Bertz CT molecular complexity index is 712. The monoisotopic (exact) mass is 484 g/mol. The lowest BCUT2D eigenvalue weighted by atomic mass is 9.81. The second-order valence-electron chi connectivity index (χ2n) is 10.5. The maximum absolute atomic E-state index is 12.0. The van der Waals surface area contributed by atoms with Crippen molar-refractivity contribution in [2.45, 2.75) is 122 Å². The standard InChI is InChI=1S/C12H22N2OS.C6H13NOS.C6H9N/c1-10(14-16(15)11(2,3)4)12(9-13)7-5-6-8-12;1-5-7-9(8)6(2,3)4;7-5-6-3-1-2-4-6/h10,14H,5-8H2,1-4H3;5H,1-4H3;6H,1-4H2/t10-,16+;9-;/m10./s1. The van der Waals surface area contributed by atoms with Gasteiger partial charge in [0.15, 0.2) is 0 Å². The lowest BCUT2D eigenvalue weighted by Crippen LogP contribution is -2.46. The van der Waals surface area contributed by atoms with Crippen molar-refractivity contribution in [2.24, 2.45) is 15.7 Å². The second-order valence-corrected chi connectivity index (χ2v) is 14.5. The Morgan fingerprint density at radius 3 is 1.78 bits per heavy atom. The highest BCUT2D eigenvalue weighted by atomic mass is 32.2. The molecule has 0 unspecified atom stereocenters. The lowest BCUT2D eigenvalue weighted by molar-refractivity contribution is 0.321. The molecule has 6 nitrogen and oxygen atoms in total. The summed E-state index contributed by atoms with van der Waals surface area (Å²) in [6, 6.07) is 4.70. The van der Waals surface area contributed by atoms with Crippen LogP contribution in [-0.4, -0.2) is 30.2 Å². The maximum atomic E-state index is 12.0. The molecule has 2 aliphatic carbocycles. The van der Waals surface area contributed by atoms with Gasteiger partial charge >= 0.3 is 0 Å². The van der Waals surface area contributed by atoms with Crippen LogP contribution < -0.4 is 4.72 Å². The number of nitrogens with one attached hydrogen (secondary N) is 1. The molecule has 0 heterocycles. The molecule has 0 amide bonds. The van der Waals surface area contributed by atoms with E-state index in [1.165, 1.54) is 12.8 Å². The first-order valence-corrected chi connectivity index (χ1v) is 13.9. The van der Waals surface area contributed by atoms with Crippen LogP contribution >= 0.6 is 0 Å². The zero-order chi connectivity index (χ0) is 25.0. The molecular formula is C24H44N4O2S2. The predicted molar refractivity (Wildman–Crippen MR) is 137 cm³/mol. The average molecular weight is 485 g/mol. The lowest BCUT2D eigenvalue weighted by Gasteiger charge is -2.31. The molecule has 32 heavy (non-hydrogen) atoms. The molecule has 0 radical (unpaired) electrons. The molecule has 0 spiro atoms. The predicted octanol–water partition coefficient (Wildman–Crippen LogP) is 5.75. The Hall–Kier alpha value is -1.09. The Kier molecular flexibility index (Phi) is 13.7. The summed E-state index contributed by atoms with van der Waals surface area (Å²) in [5, 5.41) is 17.6. The summed E-state index contributed by atoms with van der Waals surface area (Å²) in [6.45, 7) is 15.3. The summed E-state index contributed by atoms with van der Waals surface area (Å²) in [7, 11) is -2.16. The highest BCUT2D eigenvalue weighted by molar-refractivity contribution is 7.85. The van der Waals surface area contributed by atoms with Crippen LogP contribution in [0.4, 0.5) is 0 Å². The molecule has 3 atom stereocenters. The number of nitriles is 2. The molecule has 1 N–H and O–H groups in total. The van der Waals surface area contributed by atoms with Gasteiger partial charge in [-0.05, 0) is 81.1 Å². The summed E-state index contributed by atoms with van der Waals surface area (Å²) < 4.78 is 29.3. The van der Waals surface area contributed by atoms with Gasteiger partial charge in [0, 0.05) is 18.2 Å². The van der Waals surface area contributed by atoms with Crippen molar-refractivity contribution in [2.75, 3.05) is 0 Å². The molecule has 0 aromatic rings. The van der Waals surface area contributed by atoms with Gasteiger partial charge in [0.05, 0.1) is 38.0 Å². The van der Waals surface area contributed by atoms with Gasteiger partial charge in [0.1, 0.15) is 11.0 Å². The van der Waals surface area contributed by atoms with Crippen molar-refractivity contribution in [1.82, 2.24) is 4.72 Å². The first kappa shape index (κ1) is 30.9. The molecule has 184 valence electrons. The van der Waals surface area contributed by atoms with Gasteiger partial charge in [-0.15, -0.1) is 0 Å². The van der Waals surface area contributed by atoms with Crippen LogP contribution in [0.5, 0.6) is 0 Å². The van der Waals surface area contributed by atoms with Crippen LogP contribution in [0.25, 0.3) is 0 Å². The molecule has 2 fully saturated rings. The number of hydrogen-bond donors (Lipinski definition) is 1. The smallest absolute Gasteiger partial charge is 0.144 e. The van der Waals surface area contributed by atoms with Crippen molar-refractivity contribution in [3.63, 3.8) is 0 Å². The Morgan fingerprint density at radius 1 is 1.00 bits per heavy atom. The molecule has 2 rings (SSSR count). The highest BCUT2D eigenvalue weighted by Crippen LogP contribution is 2.40. The Morgan fingerprint density at radius 2 is 1.50 bits per heavy atom. The quantitative estimate of drug-likeness (QED) is 0.513. The van der Waals surface area contributed by atoms with E-state index >= 15 is 0 Å². The van der Waals surface area contributed by atoms with Crippen molar-refractivity contribution in [3.05, 3.63) is 0 Å². The first-order valence-electron chi connectivity index (χ1n) is 11.6. The molecule has 0 aromatic heterocycles. The van der Waals surface area contributed by atoms with Crippen molar-refractivity contribution >= 4 is 28.2 Å². The molecule has 0 aliphatic heterocycles. The first-order chi connectivity index (χ1) is 14.7.